The number of methoxy groups -OCH3 is 1. The summed E-state index contributed by atoms with van der Waals surface area (Å²) in [6.07, 6.45) is 3.29. The molecule has 2 amide bonds. The van der Waals surface area contributed by atoms with Crippen molar-refractivity contribution >= 4 is 16.1 Å². The van der Waals surface area contributed by atoms with Gasteiger partial charge in [-0.3, -0.25) is 0 Å². The second-order valence-corrected chi connectivity index (χ2v) is 8.78. The van der Waals surface area contributed by atoms with Crippen LogP contribution in [0.15, 0.2) is 29.2 Å². The predicted molar refractivity (Wildman–Crippen MR) is 100 cm³/mol. The molecule has 2 aliphatic heterocycles. The van der Waals surface area contributed by atoms with Crippen LogP contribution in [0, 0.1) is 0 Å². The number of ether oxygens (including phenoxy) is 2. The van der Waals surface area contributed by atoms with Gasteiger partial charge in [-0.15, -0.1) is 0 Å². The molecule has 0 unspecified atom stereocenters. The molecule has 0 radical (unpaired) electrons. The molecule has 150 valence electrons. The fraction of sp³-hybridized carbons (Fsp3) is 0.611. The summed E-state index contributed by atoms with van der Waals surface area (Å²) >= 11 is 0. The molecule has 2 heterocycles. The van der Waals surface area contributed by atoms with Crippen LogP contribution in [0.4, 0.5) is 4.79 Å². The summed E-state index contributed by atoms with van der Waals surface area (Å²) in [5.74, 6) is 0.617. The van der Waals surface area contributed by atoms with Crippen LogP contribution >= 0.6 is 0 Å². The number of hydrogen-bond acceptors (Lipinski definition) is 5. The van der Waals surface area contributed by atoms with Gasteiger partial charge >= 0.3 is 6.03 Å². The molecule has 2 fully saturated rings. The first kappa shape index (κ1) is 19.9. The smallest absolute Gasteiger partial charge is 0.315 e. The van der Waals surface area contributed by atoms with Crippen LogP contribution < -0.4 is 15.4 Å². The highest BCUT2D eigenvalue weighted by Crippen LogP contribution is 2.22. The Hall–Kier alpha value is -1.84. The van der Waals surface area contributed by atoms with Gasteiger partial charge < -0.3 is 20.1 Å². The van der Waals surface area contributed by atoms with Crippen molar-refractivity contribution in [1.29, 1.82) is 0 Å². The van der Waals surface area contributed by atoms with Crippen molar-refractivity contribution in [2.24, 2.45) is 0 Å². The summed E-state index contributed by atoms with van der Waals surface area (Å²) in [6, 6.07) is 6.13. The molecule has 0 aromatic heterocycles. The van der Waals surface area contributed by atoms with Gasteiger partial charge in [-0.05, 0) is 49.9 Å². The first-order chi connectivity index (χ1) is 13.0. The molecule has 2 aliphatic rings. The summed E-state index contributed by atoms with van der Waals surface area (Å²) in [6.45, 7) is 2.03. The van der Waals surface area contributed by atoms with Crippen LogP contribution in [-0.2, 0) is 14.8 Å². The van der Waals surface area contributed by atoms with Crippen LogP contribution in [0.1, 0.15) is 25.7 Å². The summed E-state index contributed by atoms with van der Waals surface area (Å²) in [5, 5.41) is 5.76. The quantitative estimate of drug-likeness (QED) is 0.755. The van der Waals surface area contributed by atoms with Crippen molar-refractivity contribution in [2.45, 2.75) is 42.7 Å². The summed E-state index contributed by atoms with van der Waals surface area (Å²) in [7, 11) is -1.99. The van der Waals surface area contributed by atoms with Crippen LogP contribution in [0.2, 0.25) is 0 Å². The third kappa shape index (κ3) is 5.12. The van der Waals surface area contributed by atoms with Crippen molar-refractivity contribution in [2.75, 3.05) is 33.4 Å². The molecule has 9 heteroatoms. The molecular formula is C18H27N3O5S. The third-order valence-electron chi connectivity index (χ3n) is 5.00. The van der Waals surface area contributed by atoms with Crippen LogP contribution in [0.3, 0.4) is 0 Å². The van der Waals surface area contributed by atoms with E-state index in [9.17, 15) is 13.2 Å². The Morgan fingerprint density at radius 3 is 2.52 bits per heavy atom. The number of nitrogens with zero attached hydrogens (tertiary/aromatic N) is 1. The zero-order valence-electron chi connectivity index (χ0n) is 15.5. The Kier molecular flexibility index (Phi) is 6.56. The van der Waals surface area contributed by atoms with E-state index >= 15 is 0 Å². The zero-order valence-corrected chi connectivity index (χ0v) is 16.3. The number of amides is 2. The molecule has 0 saturated carbocycles. The monoisotopic (exact) mass is 397 g/mol. The van der Waals surface area contributed by atoms with Crippen LogP contribution in [-0.4, -0.2) is 64.3 Å². The van der Waals surface area contributed by atoms with Crippen molar-refractivity contribution < 1.29 is 22.7 Å². The predicted octanol–water partition coefficient (Wildman–Crippen LogP) is 1.33. The SMILES string of the molecule is COc1ccc(S(=O)(=O)N2CCC(NC(=O)NC[C@@H]3CCCO3)CC2)cc1. The van der Waals surface area contributed by atoms with Crippen molar-refractivity contribution in [3.63, 3.8) is 0 Å². The van der Waals surface area contributed by atoms with E-state index in [0.717, 1.165) is 19.4 Å². The van der Waals surface area contributed by atoms with Gasteiger partial charge in [0.2, 0.25) is 10.0 Å². The minimum atomic E-state index is -3.53. The number of carbonyl (C=O) groups is 1. The average molecular weight is 397 g/mol. The molecule has 0 spiro atoms. The van der Waals surface area contributed by atoms with Gasteiger partial charge in [0.05, 0.1) is 18.1 Å². The second kappa shape index (κ2) is 8.90. The average Bonchev–Trinajstić information content (AvgIpc) is 3.20. The summed E-state index contributed by atoms with van der Waals surface area (Å²) in [5.41, 5.74) is 0. The topological polar surface area (TPSA) is 97.0 Å². The Morgan fingerprint density at radius 1 is 1.22 bits per heavy atom. The van der Waals surface area contributed by atoms with Gasteiger partial charge in [0.1, 0.15) is 5.75 Å². The van der Waals surface area contributed by atoms with Crippen molar-refractivity contribution in [1.82, 2.24) is 14.9 Å². The summed E-state index contributed by atoms with van der Waals surface area (Å²) < 4.78 is 37.5. The molecule has 0 bridgehead atoms. The molecule has 1 aromatic carbocycles. The molecule has 3 rings (SSSR count). The fourth-order valence-corrected chi connectivity index (χ4v) is 4.86. The Morgan fingerprint density at radius 2 is 1.93 bits per heavy atom. The van der Waals surface area contributed by atoms with Gasteiger partial charge in [-0.1, -0.05) is 0 Å². The number of carbonyl (C=O) groups excluding carboxylic acids is 1. The van der Waals surface area contributed by atoms with Gasteiger partial charge in [-0.25, -0.2) is 13.2 Å². The standard InChI is InChI=1S/C18H27N3O5S/c1-25-15-4-6-17(7-5-15)27(23,24)21-10-8-14(9-11-21)20-18(22)19-13-16-3-2-12-26-16/h4-7,14,16H,2-3,8-13H2,1H3,(H2,19,20,22)/t16-/m0/s1. The van der Waals surface area contributed by atoms with Crippen LogP contribution in [0.5, 0.6) is 5.75 Å². The largest absolute Gasteiger partial charge is 0.497 e. The minimum Gasteiger partial charge on any atom is -0.497 e. The Labute approximate surface area is 160 Å². The van der Waals surface area contributed by atoms with E-state index in [4.69, 9.17) is 9.47 Å². The fourth-order valence-electron chi connectivity index (χ4n) is 3.39. The van der Waals surface area contributed by atoms with Gasteiger partial charge in [0.15, 0.2) is 0 Å². The highest BCUT2D eigenvalue weighted by Gasteiger charge is 2.30. The lowest BCUT2D eigenvalue weighted by atomic mass is 10.1. The van der Waals surface area contributed by atoms with Crippen LogP contribution in [0.25, 0.3) is 0 Å². The molecule has 2 N–H and O–H groups in total. The van der Waals surface area contributed by atoms with E-state index in [2.05, 4.69) is 10.6 Å². The van der Waals surface area contributed by atoms with E-state index in [1.165, 1.54) is 11.4 Å². The molecule has 1 aromatic rings. The first-order valence-electron chi connectivity index (χ1n) is 9.29. The molecular weight excluding hydrogens is 370 g/mol. The highest BCUT2D eigenvalue weighted by molar-refractivity contribution is 7.89. The number of sulfonamides is 1. The number of urea groups is 1. The number of benzene rings is 1. The van der Waals surface area contributed by atoms with E-state index in [0.29, 0.717) is 38.2 Å². The molecule has 27 heavy (non-hydrogen) atoms. The zero-order chi connectivity index (χ0) is 19.3. The number of piperidine rings is 1. The highest BCUT2D eigenvalue weighted by atomic mass is 32.2. The molecule has 8 nitrogen and oxygen atoms in total. The first-order valence-corrected chi connectivity index (χ1v) is 10.7. The normalized spacial score (nSPS) is 21.7. The van der Waals surface area contributed by atoms with Gasteiger partial charge in [0, 0.05) is 32.3 Å². The van der Waals surface area contributed by atoms with E-state index in [1.807, 2.05) is 0 Å². The van der Waals surface area contributed by atoms with E-state index in [-0.39, 0.29) is 23.1 Å². The summed E-state index contributed by atoms with van der Waals surface area (Å²) in [4.78, 5) is 12.3. The Bertz CT molecular complexity index is 724. The third-order valence-corrected chi connectivity index (χ3v) is 6.91. The van der Waals surface area contributed by atoms with Crippen molar-refractivity contribution in [3.05, 3.63) is 24.3 Å². The maximum Gasteiger partial charge on any atom is 0.315 e. The van der Waals surface area contributed by atoms with Gasteiger partial charge in [0.25, 0.3) is 0 Å². The maximum absolute atomic E-state index is 12.7. The van der Waals surface area contributed by atoms with E-state index < -0.39 is 10.0 Å². The second-order valence-electron chi connectivity index (χ2n) is 6.84. The minimum absolute atomic E-state index is 0.0307. The number of nitrogens with one attached hydrogen (secondary N) is 2. The molecule has 1 atom stereocenters. The molecule has 2 saturated heterocycles. The lowest BCUT2D eigenvalue weighted by Crippen LogP contribution is -2.49. The lowest BCUT2D eigenvalue weighted by molar-refractivity contribution is 0.111. The van der Waals surface area contributed by atoms with Gasteiger partial charge in [-0.2, -0.15) is 4.31 Å². The number of hydrogen-bond donors (Lipinski definition) is 2. The van der Waals surface area contributed by atoms with E-state index in [1.54, 1.807) is 24.3 Å². The molecule has 0 aliphatic carbocycles. The van der Waals surface area contributed by atoms with Crippen molar-refractivity contribution in [3.8, 4) is 5.75 Å². The maximum atomic E-state index is 12.7. The number of rotatable bonds is 6. The lowest BCUT2D eigenvalue weighted by Gasteiger charge is -2.31. The Balaban J connectivity index is 1.46.